The fraction of sp³-hybridized carbons (Fsp3) is 0.111. The minimum atomic E-state index is -0.289. The van der Waals surface area contributed by atoms with Gasteiger partial charge in [-0.25, -0.2) is 0 Å². The summed E-state index contributed by atoms with van der Waals surface area (Å²) < 4.78 is 0. The second-order valence-corrected chi connectivity index (χ2v) is 4.53. The largest absolute Gasteiger partial charge is 0.398 e. The Labute approximate surface area is 130 Å². The third-order valence-corrected chi connectivity index (χ3v) is 3.10. The highest BCUT2D eigenvalue weighted by molar-refractivity contribution is 6.45. The molecule has 2 rings (SSSR count). The standard InChI is InChI=1S/C18H18N2O2/c1-19-18(21)17(20-22-2)16-11-7-6-10-15(16)13-12-14-8-4-3-5-9-14/h3-13H,1-2H3,(H,19,21)/b13-12?,20-17+. The summed E-state index contributed by atoms with van der Waals surface area (Å²) in [7, 11) is 2.99. The fourth-order valence-electron chi connectivity index (χ4n) is 2.03. The first kappa shape index (κ1) is 15.5. The first-order valence-corrected chi connectivity index (χ1v) is 6.92. The minimum Gasteiger partial charge on any atom is -0.398 e. The van der Waals surface area contributed by atoms with Gasteiger partial charge >= 0.3 is 0 Å². The Morgan fingerprint density at radius 3 is 2.41 bits per heavy atom. The van der Waals surface area contributed by atoms with E-state index >= 15 is 0 Å². The molecule has 0 fully saturated rings. The van der Waals surface area contributed by atoms with Crippen LogP contribution in [0.25, 0.3) is 12.2 Å². The van der Waals surface area contributed by atoms with E-state index in [2.05, 4.69) is 10.5 Å². The van der Waals surface area contributed by atoms with Crippen molar-refractivity contribution in [3.63, 3.8) is 0 Å². The van der Waals surface area contributed by atoms with Crippen LogP contribution in [0.3, 0.4) is 0 Å². The number of hydrogen-bond donors (Lipinski definition) is 1. The monoisotopic (exact) mass is 294 g/mol. The van der Waals surface area contributed by atoms with Gasteiger partial charge in [0.25, 0.3) is 5.91 Å². The van der Waals surface area contributed by atoms with Crippen molar-refractivity contribution in [1.82, 2.24) is 5.32 Å². The molecule has 0 atom stereocenters. The predicted molar refractivity (Wildman–Crippen MR) is 89.4 cm³/mol. The molecule has 0 heterocycles. The van der Waals surface area contributed by atoms with Gasteiger partial charge in [-0.3, -0.25) is 4.79 Å². The molecular formula is C18H18N2O2. The van der Waals surface area contributed by atoms with Crippen molar-refractivity contribution in [3.05, 3.63) is 71.3 Å². The van der Waals surface area contributed by atoms with Gasteiger partial charge < -0.3 is 10.2 Å². The summed E-state index contributed by atoms with van der Waals surface area (Å²) in [6.07, 6.45) is 3.95. The third-order valence-electron chi connectivity index (χ3n) is 3.10. The maximum atomic E-state index is 12.0. The van der Waals surface area contributed by atoms with Crippen molar-refractivity contribution >= 4 is 23.8 Å². The Bertz CT molecular complexity index is 691. The summed E-state index contributed by atoms with van der Waals surface area (Å²) in [6, 6.07) is 17.5. The number of carbonyl (C=O) groups excluding carboxylic acids is 1. The fourth-order valence-corrected chi connectivity index (χ4v) is 2.03. The summed E-state index contributed by atoms with van der Waals surface area (Å²) in [5.41, 5.74) is 2.95. The smallest absolute Gasteiger partial charge is 0.273 e. The van der Waals surface area contributed by atoms with Crippen molar-refractivity contribution in [2.24, 2.45) is 5.16 Å². The van der Waals surface area contributed by atoms with E-state index in [0.29, 0.717) is 0 Å². The number of likely N-dealkylation sites (N-methyl/N-ethyl adjacent to an activating group) is 1. The molecule has 0 unspecified atom stereocenters. The molecule has 2 aromatic rings. The van der Waals surface area contributed by atoms with Gasteiger partial charge in [0.05, 0.1) is 0 Å². The lowest BCUT2D eigenvalue weighted by Crippen LogP contribution is -2.29. The number of benzene rings is 2. The number of hydrogen-bond acceptors (Lipinski definition) is 3. The second-order valence-electron chi connectivity index (χ2n) is 4.53. The molecule has 4 heteroatoms. The van der Waals surface area contributed by atoms with Crippen molar-refractivity contribution in [2.45, 2.75) is 0 Å². The van der Waals surface area contributed by atoms with E-state index < -0.39 is 0 Å². The molecule has 1 N–H and O–H groups in total. The zero-order valence-electron chi connectivity index (χ0n) is 12.6. The van der Waals surface area contributed by atoms with Gasteiger partial charge in [-0.15, -0.1) is 0 Å². The summed E-state index contributed by atoms with van der Waals surface area (Å²) in [4.78, 5) is 16.8. The van der Waals surface area contributed by atoms with Gasteiger partial charge in [0.15, 0.2) is 5.71 Å². The van der Waals surface area contributed by atoms with E-state index in [4.69, 9.17) is 4.84 Å². The first-order valence-electron chi connectivity index (χ1n) is 6.92. The van der Waals surface area contributed by atoms with E-state index in [0.717, 1.165) is 16.7 Å². The lowest BCUT2D eigenvalue weighted by molar-refractivity contribution is -0.114. The zero-order chi connectivity index (χ0) is 15.8. The Morgan fingerprint density at radius 1 is 1.05 bits per heavy atom. The van der Waals surface area contributed by atoms with Gasteiger partial charge in [0.2, 0.25) is 0 Å². The normalized spacial score (nSPS) is 11.5. The Kier molecular flexibility index (Phi) is 5.49. The molecule has 0 aliphatic carbocycles. The van der Waals surface area contributed by atoms with Crippen LogP contribution in [0.4, 0.5) is 0 Å². The average molecular weight is 294 g/mol. The second kappa shape index (κ2) is 7.78. The van der Waals surface area contributed by atoms with Crippen molar-refractivity contribution in [3.8, 4) is 0 Å². The van der Waals surface area contributed by atoms with E-state index in [9.17, 15) is 4.79 Å². The number of oxime groups is 1. The van der Waals surface area contributed by atoms with E-state index in [1.54, 1.807) is 7.05 Å². The highest BCUT2D eigenvalue weighted by Crippen LogP contribution is 2.15. The average Bonchev–Trinajstić information content (AvgIpc) is 2.58. The highest BCUT2D eigenvalue weighted by Gasteiger charge is 2.15. The predicted octanol–water partition coefficient (Wildman–Crippen LogP) is 2.95. The molecule has 0 saturated carbocycles. The summed E-state index contributed by atoms with van der Waals surface area (Å²) >= 11 is 0. The molecule has 112 valence electrons. The molecule has 0 bridgehead atoms. The number of nitrogens with zero attached hydrogens (tertiary/aromatic N) is 1. The molecule has 22 heavy (non-hydrogen) atoms. The van der Waals surface area contributed by atoms with E-state index in [1.807, 2.05) is 66.7 Å². The van der Waals surface area contributed by atoms with Crippen LogP contribution in [-0.2, 0) is 9.63 Å². The topological polar surface area (TPSA) is 50.7 Å². The lowest BCUT2D eigenvalue weighted by atomic mass is 10.0. The molecular weight excluding hydrogens is 276 g/mol. The molecule has 0 aliphatic heterocycles. The number of amides is 1. The van der Waals surface area contributed by atoms with Crippen LogP contribution in [0.5, 0.6) is 0 Å². The summed E-state index contributed by atoms with van der Waals surface area (Å²) in [5.74, 6) is -0.289. The number of rotatable bonds is 5. The molecule has 0 aromatic heterocycles. The van der Waals surface area contributed by atoms with Crippen LogP contribution in [0.2, 0.25) is 0 Å². The molecule has 2 aromatic carbocycles. The van der Waals surface area contributed by atoms with Crippen LogP contribution in [-0.4, -0.2) is 25.8 Å². The van der Waals surface area contributed by atoms with Gasteiger partial charge in [-0.05, 0) is 11.1 Å². The van der Waals surface area contributed by atoms with Crippen LogP contribution in [0.15, 0.2) is 59.8 Å². The van der Waals surface area contributed by atoms with Crippen LogP contribution < -0.4 is 5.32 Å². The zero-order valence-corrected chi connectivity index (χ0v) is 12.6. The van der Waals surface area contributed by atoms with Gasteiger partial charge in [-0.2, -0.15) is 0 Å². The molecule has 4 nitrogen and oxygen atoms in total. The molecule has 0 spiro atoms. The van der Waals surface area contributed by atoms with Crippen LogP contribution in [0, 0.1) is 0 Å². The van der Waals surface area contributed by atoms with Crippen molar-refractivity contribution in [2.75, 3.05) is 14.2 Å². The van der Waals surface area contributed by atoms with Crippen molar-refractivity contribution in [1.29, 1.82) is 0 Å². The van der Waals surface area contributed by atoms with E-state index in [-0.39, 0.29) is 11.6 Å². The first-order chi connectivity index (χ1) is 10.8. The minimum absolute atomic E-state index is 0.248. The van der Waals surface area contributed by atoms with Gasteiger partial charge in [0, 0.05) is 12.6 Å². The maximum Gasteiger partial charge on any atom is 0.273 e. The summed E-state index contributed by atoms with van der Waals surface area (Å²) in [5, 5.41) is 6.43. The lowest BCUT2D eigenvalue weighted by Gasteiger charge is -2.08. The maximum absolute atomic E-state index is 12.0. The summed E-state index contributed by atoms with van der Waals surface area (Å²) in [6.45, 7) is 0. The Balaban J connectivity index is 2.40. The molecule has 1 amide bonds. The SMILES string of the molecule is CNC(=O)/C(=N/OC)c1ccccc1C=Cc1ccccc1. The third kappa shape index (κ3) is 3.82. The van der Waals surface area contributed by atoms with Gasteiger partial charge in [-0.1, -0.05) is 71.9 Å². The van der Waals surface area contributed by atoms with Crippen LogP contribution in [0.1, 0.15) is 16.7 Å². The van der Waals surface area contributed by atoms with E-state index in [1.165, 1.54) is 7.11 Å². The van der Waals surface area contributed by atoms with Crippen molar-refractivity contribution < 1.29 is 9.63 Å². The van der Waals surface area contributed by atoms with Gasteiger partial charge in [0.1, 0.15) is 7.11 Å². The Hall–Kier alpha value is -2.88. The molecule has 0 radical (unpaired) electrons. The number of nitrogens with one attached hydrogen (secondary N) is 1. The number of carbonyl (C=O) groups is 1. The van der Waals surface area contributed by atoms with Crippen LogP contribution >= 0.6 is 0 Å². The Morgan fingerprint density at radius 2 is 1.73 bits per heavy atom. The quantitative estimate of drug-likeness (QED) is 0.523. The molecule has 0 saturated heterocycles. The highest BCUT2D eigenvalue weighted by atomic mass is 16.6. The molecule has 0 aliphatic rings.